The molecule has 0 spiro atoms. The summed E-state index contributed by atoms with van der Waals surface area (Å²) in [6.45, 7) is 6.63. The molecule has 0 saturated carbocycles. The quantitative estimate of drug-likeness (QED) is 0.632. The van der Waals surface area contributed by atoms with Crippen molar-refractivity contribution in [1.82, 2.24) is 0 Å². The number of benzene rings is 2. The van der Waals surface area contributed by atoms with Crippen molar-refractivity contribution in [3.05, 3.63) is 69.8 Å². The van der Waals surface area contributed by atoms with Gasteiger partial charge in [-0.05, 0) is 71.8 Å². The number of fused-ring (bicyclic) bond motifs is 2. The van der Waals surface area contributed by atoms with Crippen molar-refractivity contribution in [3.8, 4) is 0 Å². The van der Waals surface area contributed by atoms with Crippen LogP contribution in [0.4, 0.5) is 0 Å². The standard InChI is InChI=1S/C26H30O2/c1-16(2)20-9-10-23-22(14-20)12-18(13-26(23)28)11-17(3)21-8-7-19-5-4-6-25(27)24(19)15-21/h7-10,14-18H,4-6,11-13H2,1-3H3. The highest BCUT2D eigenvalue weighted by atomic mass is 16.1. The summed E-state index contributed by atoms with van der Waals surface area (Å²) in [5.74, 6) is 1.79. The van der Waals surface area contributed by atoms with Crippen LogP contribution in [0, 0.1) is 5.92 Å². The molecule has 2 atom stereocenters. The van der Waals surface area contributed by atoms with Crippen LogP contribution in [0.25, 0.3) is 0 Å². The Bertz CT molecular complexity index is 922. The zero-order chi connectivity index (χ0) is 19.8. The molecule has 0 fully saturated rings. The number of hydrogen-bond donors (Lipinski definition) is 0. The van der Waals surface area contributed by atoms with Crippen molar-refractivity contribution in [2.75, 3.05) is 0 Å². The van der Waals surface area contributed by atoms with Crippen molar-refractivity contribution in [2.45, 2.75) is 71.1 Å². The highest BCUT2D eigenvalue weighted by Crippen LogP contribution is 2.35. The van der Waals surface area contributed by atoms with Crippen LogP contribution < -0.4 is 0 Å². The molecule has 2 aliphatic carbocycles. The molecule has 4 rings (SSSR count). The van der Waals surface area contributed by atoms with E-state index in [1.807, 2.05) is 6.07 Å². The molecular formula is C26H30O2. The van der Waals surface area contributed by atoms with Gasteiger partial charge in [-0.1, -0.05) is 51.1 Å². The summed E-state index contributed by atoms with van der Waals surface area (Å²) in [4.78, 5) is 25.0. The second-order valence-corrected chi connectivity index (χ2v) is 9.10. The van der Waals surface area contributed by atoms with Gasteiger partial charge in [0.05, 0.1) is 0 Å². The topological polar surface area (TPSA) is 34.1 Å². The van der Waals surface area contributed by atoms with Crippen LogP contribution in [0.3, 0.4) is 0 Å². The van der Waals surface area contributed by atoms with Crippen molar-refractivity contribution >= 4 is 11.6 Å². The predicted octanol–water partition coefficient (Wildman–Crippen LogP) is 6.27. The molecule has 2 aromatic carbocycles. The zero-order valence-electron chi connectivity index (χ0n) is 17.3. The summed E-state index contributed by atoms with van der Waals surface area (Å²) in [5.41, 5.74) is 6.84. The van der Waals surface area contributed by atoms with E-state index in [1.165, 1.54) is 22.3 Å². The van der Waals surface area contributed by atoms with Crippen molar-refractivity contribution < 1.29 is 9.59 Å². The second-order valence-electron chi connectivity index (χ2n) is 9.10. The molecule has 0 bridgehead atoms. The first kappa shape index (κ1) is 19.1. The first-order chi connectivity index (χ1) is 13.4. The zero-order valence-corrected chi connectivity index (χ0v) is 17.3. The molecule has 2 unspecified atom stereocenters. The Hall–Kier alpha value is -2.22. The molecule has 2 nitrogen and oxygen atoms in total. The molecule has 0 N–H and O–H groups in total. The molecule has 0 aliphatic heterocycles. The van der Waals surface area contributed by atoms with Crippen molar-refractivity contribution in [1.29, 1.82) is 0 Å². The molecule has 0 aromatic heterocycles. The van der Waals surface area contributed by atoms with E-state index in [1.54, 1.807) is 0 Å². The maximum atomic E-state index is 12.7. The van der Waals surface area contributed by atoms with Crippen LogP contribution in [0.15, 0.2) is 36.4 Å². The third-order valence-electron chi connectivity index (χ3n) is 6.62. The molecule has 2 aromatic rings. The smallest absolute Gasteiger partial charge is 0.163 e. The maximum Gasteiger partial charge on any atom is 0.163 e. The van der Waals surface area contributed by atoms with Crippen LogP contribution in [0.2, 0.25) is 0 Å². The number of rotatable bonds is 4. The third kappa shape index (κ3) is 3.70. The number of ketones is 2. The van der Waals surface area contributed by atoms with E-state index in [4.69, 9.17) is 0 Å². The second kappa shape index (κ2) is 7.66. The van der Waals surface area contributed by atoms with Gasteiger partial charge >= 0.3 is 0 Å². The van der Waals surface area contributed by atoms with Gasteiger partial charge < -0.3 is 0 Å². The van der Waals surface area contributed by atoms with Crippen molar-refractivity contribution in [2.24, 2.45) is 5.92 Å². The van der Waals surface area contributed by atoms with Crippen molar-refractivity contribution in [3.63, 3.8) is 0 Å². The summed E-state index contributed by atoms with van der Waals surface area (Å²) in [6.07, 6.45) is 5.28. The largest absolute Gasteiger partial charge is 0.294 e. The lowest BCUT2D eigenvalue weighted by molar-refractivity contribution is 0.0942. The van der Waals surface area contributed by atoms with Gasteiger partial charge in [0.25, 0.3) is 0 Å². The fourth-order valence-corrected chi connectivity index (χ4v) is 4.92. The van der Waals surface area contributed by atoms with E-state index in [0.717, 1.165) is 36.8 Å². The van der Waals surface area contributed by atoms with Gasteiger partial charge in [-0.3, -0.25) is 9.59 Å². The molecule has 0 radical (unpaired) electrons. The van der Waals surface area contributed by atoms with Gasteiger partial charge in [0, 0.05) is 24.0 Å². The number of hydrogen-bond acceptors (Lipinski definition) is 2. The summed E-state index contributed by atoms with van der Waals surface area (Å²) in [6, 6.07) is 12.8. The highest BCUT2D eigenvalue weighted by molar-refractivity contribution is 5.99. The molecule has 28 heavy (non-hydrogen) atoms. The fourth-order valence-electron chi connectivity index (χ4n) is 4.92. The number of Topliss-reactive ketones (excluding diaryl/α,β-unsaturated/α-hetero) is 2. The Balaban J connectivity index is 1.52. The number of carbonyl (C=O) groups excluding carboxylic acids is 2. The van der Waals surface area contributed by atoms with E-state index in [2.05, 4.69) is 51.1 Å². The van der Waals surface area contributed by atoms with Crippen LogP contribution >= 0.6 is 0 Å². The van der Waals surface area contributed by atoms with E-state index >= 15 is 0 Å². The third-order valence-corrected chi connectivity index (χ3v) is 6.62. The van der Waals surface area contributed by atoms with E-state index < -0.39 is 0 Å². The minimum absolute atomic E-state index is 0.286. The van der Waals surface area contributed by atoms with Gasteiger partial charge in [0.1, 0.15) is 0 Å². The lowest BCUT2D eigenvalue weighted by atomic mass is 9.76. The lowest BCUT2D eigenvalue weighted by Crippen LogP contribution is -2.22. The Labute approximate surface area is 168 Å². The van der Waals surface area contributed by atoms with Crippen LogP contribution in [0.5, 0.6) is 0 Å². The lowest BCUT2D eigenvalue weighted by Gasteiger charge is -2.27. The Morgan fingerprint density at radius 3 is 2.39 bits per heavy atom. The van der Waals surface area contributed by atoms with Gasteiger partial charge in [-0.15, -0.1) is 0 Å². The Morgan fingerprint density at radius 1 is 0.821 bits per heavy atom. The number of carbonyl (C=O) groups is 2. The molecular weight excluding hydrogens is 344 g/mol. The van der Waals surface area contributed by atoms with Gasteiger partial charge in [0.2, 0.25) is 0 Å². The fraction of sp³-hybridized carbons (Fsp3) is 0.462. The molecule has 0 amide bonds. The monoisotopic (exact) mass is 374 g/mol. The first-order valence-electron chi connectivity index (χ1n) is 10.7. The van der Waals surface area contributed by atoms with Gasteiger partial charge in [-0.25, -0.2) is 0 Å². The first-order valence-corrected chi connectivity index (χ1v) is 10.7. The average molecular weight is 375 g/mol. The molecule has 2 heteroatoms. The summed E-state index contributed by atoms with van der Waals surface area (Å²) in [7, 11) is 0. The summed E-state index contributed by atoms with van der Waals surface area (Å²) in [5, 5.41) is 0. The van der Waals surface area contributed by atoms with E-state index in [-0.39, 0.29) is 5.78 Å². The van der Waals surface area contributed by atoms with Crippen LogP contribution in [0.1, 0.15) is 101 Å². The summed E-state index contributed by atoms with van der Waals surface area (Å²) >= 11 is 0. The van der Waals surface area contributed by atoms with E-state index in [0.29, 0.717) is 36.4 Å². The average Bonchev–Trinajstić information content (AvgIpc) is 2.67. The van der Waals surface area contributed by atoms with E-state index in [9.17, 15) is 9.59 Å². The SMILES string of the molecule is CC(C)c1ccc2c(c1)CC(CC(C)c1ccc3c(c1)C(=O)CCC3)CC2=O. The molecule has 2 aliphatic rings. The molecule has 146 valence electrons. The highest BCUT2D eigenvalue weighted by Gasteiger charge is 2.27. The predicted molar refractivity (Wildman–Crippen MR) is 113 cm³/mol. The van der Waals surface area contributed by atoms with Gasteiger partial charge in [0.15, 0.2) is 11.6 Å². The van der Waals surface area contributed by atoms with Gasteiger partial charge in [-0.2, -0.15) is 0 Å². The minimum atomic E-state index is 0.286. The maximum absolute atomic E-state index is 12.7. The van der Waals surface area contributed by atoms with Crippen LogP contribution in [-0.2, 0) is 12.8 Å². The summed E-state index contributed by atoms with van der Waals surface area (Å²) < 4.78 is 0. The minimum Gasteiger partial charge on any atom is -0.294 e. The Kier molecular flexibility index (Phi) is 5.23. The molecule has 0 saturated heterocycles. The molecule has 0 heterocycles. The van der Waals surface area contributed by atoms with Crippen LogP contribution in [-0.4, -0.2) is 11.6 Å². The normalized spacial score (nSPS) is 20.1. The Morgan fingerprint density at radius 2 is 1.61 bits per heavy atom. The number of aryl methyl sites for hydroxylation is 1.